The van der Waals surface area contributed by atoms with Crippen LogP contribution in [0, 0.1) is 17.8 Å². The zero-order valence-corrected chi connectivity index (χ0v) is 16.5. The molecule has 28 heavy (non-hydrogen) atoms. The van der Waals surface area contributed by atoms with Crippen molar-refractivity contribution in [2.75, 3.05) is 0 Å². The third-order valence-corrected chi connectivity index (χ3v) is 4.81. The van der Waals surface area contributed by atoms with Gasteiger partial charge in [-0.25, -0.2) is 14.4 Å². The van der Waals surface area contributed by atoms with Gasteiger partial charge in [0.1, 0.15) is 11.9 Å². The fourth-order valence-corrected chi connectivity index (χ4v) is 3.55. The minimum Gasteiger partial charge on any atom is -0.460 e. The molecule has 5 heteroatoms. The maximum atomic E-state index is 15.6. The van der Waals surface area contributed by atoms with E-state index in [4.69, 9.17) is 4.74 Å². The zero-order chi connectivity index (χ0) is 20.2. The topological polar surface area (TPSA) is 52.1 Å². The Kier molecular flexibility index (Phi) is 5.79. The molecule has 1 aromatic carbocycles. The van der Waals surface area contributed by atoms with E-state index in [1.807, 2.05) is 51.1 Å². The molecule has 3 atom stereocenters. The number of halogens is 1. The summed E-state index contributed by atoms with van der Waals surface area (Å²) >= 11 is 0. The Bertz CT molecular complexity index is 868. The van der Waals surface area contributed by atoms with E-state index < -0.39 is 11.3 Å². The Morgan fingerprint density at radius 3 is 2.54 bits per heavy atom. The van der Waals surface area contributed by atoms with E-state index >= 15 is 4.39 Å². The van der Waals surface area contributed by atoms with Gasteiger partial charge >= 0.3 is 5.97 Å². The Morgan fingerprint density at radius 2 is 1.89 bits per heavy atom. The quantitative estimate of drug-likeness (QED) is 0.570. The minimum absolute atomic E-state index is 0.154. The van der Waals surface area contributed by atoms with Gasteiger partial charge in [0.15, 0.2) is 5.67 Å². The number of alkyl halides is 1. The van der Waals surface area contributed by atoms with Gasteiger partial charge in [-0.15, -0.1) is 0 Å². The van der Waals surface area contributed by atoms with Gasteiger partial charge in [-0.3, -0.25) is 4.79 Å². The van der Waals surface area contributed by atoms with Crippen LogP contribution < -0.4 is 0 Å². The second kappa shape index (κ2) is 8.10. The number of ether oxygens (including phenoxy) is 1. The van der Waals surface area contributed by atoms with Crippen LogP contribution in [0.15, 0.2) is 49.1 Å². The lowest BCUT2D eigenvalue weighted by atomic mass is 9.70. The molecule has 1 fully saturated rings. The van der Waals surface area contributed by atoms with Crippen LogP contribution in [0.25, 0.3) is 0 Å². The monoisotopic (exact) mass is 380 g/mol. The van der Waals surface area contributed by atoms with E-state index in [1.54, 1.807) is 12.4 Å². The first kappa shape index (κ1) is 20.0. The first-order valence-corrected chi connectivity index (χ1v) is 9.51. The summed E-state index contributed by atoms with van der Waals surface area (Å²) in [5.74, 6) is 4.68. The Hall–Kier alpha value is -2.74. The van der Waals surface area contributed by atoms with Gasteiger partial charge in [0.05, 0.1) is 11.5 Å². The summed E-state index contributed by atoms with van der Waals surface area (Å²) in [4.78, 5) is 20.6. The van der Waals surface area contributed by atoms with Crippen molar-refractivity contribution in [1.82, 2.24) is 9.97 Å². The Labute approximate surface area is 165 Å². The normalized spacial score (nSPS) is 24.7. The van der Waals surface area contributed by atoms with E-state index in [2.05, 4.69) is 21.8 Å². The fourth-order valence-electron chi connectivity index (χ4n) is 3.55. The molecule has 0 radical (unpaired) electrons. The molecule has 0 spiro atoms. The van der Waals surface area contributed by atoms with E-state index in [9.17, 15) is 4.79 Å². The van der Waals surface area contributed by atoms with Crippen molar-refractivity contribution in [2.45, 2.75) is 57.2 Å². The molecule has 0 N–H and O–H groups in total. The maximum absolute atomic E-state index is 15.6. The molecule has 0 amide bonds. The van der Waals surface area contributed by atoms with Crippen molar-refractivity contribution in [3.05, 3.63) is 60.2 Å². The van der Waals surface area contributed by atoms with E-state index in [0.717, 1.165) is 5.56 Å². The summed E-state index contributed by atoms with van der Waals surface area (Å²) in [5.41, 5.74) is -0.736. The summed E-state index contributed by atoms with van der Waals surface area (Å²) in [5, 5.41) is 0. The third kappa shape index (κ3) is 5.16. The lowest BCUT2D eigenvalue weighted by molar-refractivity contribution is -0.162. The number of nitrogens with zero attached hydrogens (tertiary/aromatic N) is 2. The molecule has 3 rings (SSSR count). The average molecular weight is 380 g/mol. The van der Waals surface area contributed by atoms with Crippen LogP contribution in [0.3, 0.4) is 0 Å². The van der Waals surface area contributed by atoms with Gasteiger partial charge in [0, 0.05) is 24.7 Å². The maximum Gasteiger partial charge on any atom is 0.310 e. The largest absolute Gasteiger partial charge is 0.460 e. The predicted molar refractivity (Wildman–Crippen MR) is 105 cm³/mol. The van der Waals surface area contributed by atoms with Crippen molar-refractivity contribution in [3.63, 3.8) is 0 Å². The highest BCUT2D eigenvalue weighted by Crippen LogP contribution is 2.45. The smallest absolute Gasteiger partial charge is 0.310 e. The van der Waals surface area contributed by atoms with Crippen molar-refractivity contribution in [1.29, 1.82) is 0 Å². The first-order valence-electron chi connectivity index (χ1n) is 9.51. The number of carbonyl (C=O) groups excluding carboxylic acids is 1. The molecule has 1 saturated carbocycles. The molecular formula is C23H25FN2O2. The van der Waals surface area contributed by atoms with E-state index in [-0.39, 0.29) is 30.6 Å². The van der Waals surface area contributed by atoms with Crippen molar-refractivity contribution < 1.29 is 13.9 Å². The number of hydrogen-bond acceptors (Lipinski definition) is 4. The van der Waals surface area contributed by atoms with Gasteiger partial charge in [0.2, 0.25) is 0 Å². The molecular weight excluding hydrogens is 355 g/mol. The van der Waals surface area contributed by atoms with Crippen LogP contribution >= 0.6 is 0 Å². The number of hydrogen-bond donors (Lipinski definition) is 0. The predicted octanol–water partition coefficient (Wildman–Crippen LogP) is 4.46. The summed E-state index contributed by atoms with van der Waals surface area (Å²) in [7, 11) is 0. The molecule has 0 aliphatic heterocycles. The zero-order valence-electron chi connectivity index (χ0n) is 16.5. The number of benzene rings is 1. The number of aromatic nitrogens is 2. The second-order valence-corrected chi connectivity index (χ2v) is 8.24. The molecule has 1 aliphatic carbocycles. The van der Waals surface area contributed by atoms with Gasteiger partial charge in [0.25, 0.3) is 0 Å². The highest BCUT2D eigenvalue weighted by molar-refractivity contribution is 5.74. The summed E-state index contributed by atoms with van der Waals surface area (Å²) in [6, 6.07) is 9.59. The van der Waals surface area contributed by atoms with E-state index in [1.165, 1.54) is 6.33 Å². The molecule has 0 bridgehead atoms. The summed E-state index contributed by atoms with van der Waals surface area (Å²) in [6.45, 7) is 5.54. The van der Waals surface area contributed by atoms with Crippen molar-refractivity contribution >= 4 is 5.97 Å². The standard InChI is InChI=1S/C23H25FN2O2/c1-22(2,3)28-21(27)19-10-12-23(24,11-9-17-14-25-16-26-15-17)13-20(19)18-7-5-4-6-8-18/h4-8,14-16,19-20H,10,12-13H2,1-3H3/t19-,20+,23+/m1/s1. The highest BCUT2D eigenvalue weighted by atomic mass is 19.1. The average Bonchev–Trinajstić information content (AvgIpc) is 2.66. The highest BCUT2D eigenvalue weighted by Gasteiger charge is 2.45. The summed E-state index contributed by atoms with van der Waals surface area (Å²) < 4.78 is 21.2. The van der Waals surface area contributed by atoms with Crippen molar-refractivity contribution in [2.24, 2.45) is 5.92 Å². The van der Waals surface area contributed by atoms with Gasteiger partial charge in [-0.05, 0) is 39.2 Å². The molecule has 2 aromatic rings. The van der Waals surface area contributed by atoms with Gasteiger partial charge in [-0.2, -0.15) is 0 Å². The molecule has 1 aromatic heterocycles. The fraction of sp³-hybridized carbons (Fsp3) is 0.435. The van der Waals surface area contributed by atoms with Crippen LogP contribution in [0.1, 0.15) is 57.1 Å². The second-order valence-electron chi connectivity index (χ2n) is 8.24. The molecule has 0 saturated heterocycles. The van der Waals surface area contributed by atoms with Crippen LogP contribution in [-0.4, -0.2) is 27.2 Å². The van der Waals surface area contributed by atoms with Gasteiger partial charge in [-0.1, -0.05) is 42.2 Å². The molecule has 1 aliphatic rings. The van der Waals surface area contributed by atoms with Crippen LogP contribution in [0.4, 0.5) is 4.39 Å². The minimum atomic E-state index is -1.67. The summed E-state index contributed by atoms with van der Waals surface area (Å²) in [6.07, 6.45) is 5.27. The Balaban J connectivity index is 1.87. The molecule has 146 valence electrons. The number of rotatable bonds is 2. The SMILES string of the molecule is CC(C)(C)OC(=O)[C@@H]1CC[C@@](F)(C#Cc2cncnc2)C[C@H]1c1ccccc1. The molecule has 0 unspecified atom stereocenters. The lowest BCUT2D eigenvalue weighted by Gasteiger charge is -2.37. The van der Waals surface area contributed by atoms with Crippen LogP contribution in [-0.2, 0) is 9.53 Å². The molecule has 1 heterocycles. The Morgan fingerprint density at radius 1 is 1.21 bits per heavy atom. The van der Waals surface area contributed by atoms with Crippen LogP contribution in [0.2, 0.25) is 0 Å². The third-order valence-electron chi connectivity index (χ3n) is 4.81. The lowest BCUT2D eigenvalue weighted by Crippen LogP contribution is -2.39. The number of carbonyl (C=O) groups is 1. The van der Waals surface area contributed by atoms with Crippen molar-refractivity contribution in [3.8, 4) is 11.8 Å². The van der Waals surface area contributed by atoms with E-state index in [0.29, 0.717) is 12.0 Å². The number of esters is 1. The molecule has 4 nitrogen and oxygen atoms in total. The first-order chi connectivity index (χ1) is 13.3. The van der Waals surface area contributed by atoms with Crippen LogP contribution in [0.5, 0.6) is 0 Å². The van der Waals surface area contributed by atoms with Gasteiger partial charge < -0.3 is 4.74 Å².